The van der Waals surface area contributed by atoms with Crippen LogP contribution in [0.25, 0.3) is 0 Å². The SMILES string of the molecule is C=C(CN1CCNCC1)CN(CCC(c1ccccc1)c1ccccc1)C(=O)NCc1ccccc1Cl.Cl. The minimum atomic E-state index is -0.0961. The van der Waals surface area contributed by atoms with Gasteiger partial charge in [0.15, 0.2) is 0 Å². The third-order valence-electron chi connectivity index (χ3n) is 6.84. The molecule has 1 fully saturated rings. The molecule has 0 atom stereocenters. The predicted molar refractivity (Wildman–Crippen MR) is 160 cm³/mol. The van der Waals surface area contributed by atoms with Crippen LogP contribution in [0, 0.1) is 0 Å². The Morgan fingerprint density at radius 1 is 0.947 bits per heavy atom. The van der Waals surface area contributed by atoms with Crippen molar-refractivity contribution in [3.8, 4) is 0 Å². The van der Waals surface area contributed by atoms with Crippen LogP contribution in [0.3, 0.4) is 0 Å². The van der Waals surface area contributed by atoms with Gasteiger partial charge in [-0.3, -0.25) is 4.90 Å². The first-order valence-electron chi connectivity index (χ1n) is 13.1. The van der Waals surface area contributed by atoms with Crippen LogP contribution < -0.4 is 10.6 Å². The fraction of sp³-hybridized carbons (Fsp3) is 0.323. The summed E-state index contributed by atoms with van der Waals surface area (Å²) in [5.74, 6) is 0.197. The van der Waals surface area contributed by atoms with Crippen LogP contribution >= 0.6 is 24.0 Å². The van der Waals surface area contributed by atoms with Crippen LogP contribution in [-0.4, -0.2) is 61.6 Å². The quantitative estimate of drug-likeness (QED) is 0.288. The second-order valence-corrected chi connectivity index (χ2v) is 10.0. The highest BCUT2D eigenvalue weighted by molar-refractivity contribution is 6.31. The summed E-state index contributed by atoms with van der Waals surface area (Å²) < 4.78 is 0. The third-order valence-corrected chi connectivity index (χ3v) is 7.21. The molecule has 2 N–H and O–H groups in total. The van der Waals surface area contributed by atoms with Crippen molar-refractivity contribution in [2.45, 2.75) is 18.9 Å². The number of nitrogens with zero attached hydrogens (tertiary/aromatic N) is 2. The number of piperazine rings is 1. The normalized spacial score (nSPS) is 13.5. The topological polar surface area (TPSA) is 47.6 Å². The van der Waals surface area contributed by atoms with Gasteiger partial charge in [0.05, 0.1) is 0 Å². The van der Waals surface area contributed by atoms with Gasteiger partial charge in [-0.2, -0.15) is 0 Å². The summed E-state index contributed by atoms with van der Waals surface area (Å²) >= 11 is 6.33. The molecule has 1 aliphatic rings. The van der Waals surface area contributed by atoms with Gasteiger partial charge in [-0.1, -0.05) is 97.0 Å². The number of amides is 2. The predicted octanol–water partition coefficient (Wildman–Crippen LogP) is 5.96. The van der Waals surface area contributed by atoms with Crippen LogP contribution in [0.5, 0.6) is 0 Å². The average molecular weight is 554 g/mol. The Morgan fingerprint density at radius 3 is 2.13 bits per heavy atom. The number of rotatable bonds is 11. The summed E-state index contributed by atoms with van der Waals surface area (Å²) in [4.78, 5) is 17.7. The van der Waals surface area contributed by atoms with Crippen molar-refractivity contribution in [2.24, 2.45) is 0 Å². The van der Waals surface area contributed by atoms with E-state index in [9.17, 15) is 4.79 Å². The van der Waals surface area contributed by atoms with Crippen molar-refractivity contribution in [3.63, 3.8) is 0 Å². The maximum Gasteiger partial charge on any atom is 0.317 e. The molecule has 0 bridgehead atoms. The highest BCUT2D eigenvalue weighted by Crippen LogP contribution is 2.28. The molecule has 3 aromatic rings. The second-order valence-electron chi connectivity index (χ2n) is 9.61. The van der Waals surface area contributed by atoms with Crippen molar-refractivity contribution in [2.75, 3.05) is 45.8 Å². The van der Waals surface area contributed by atoms with E-state index in [2.05, 4.69) is 70.6 Å². The lowest BCUT2D eigenvalue weighted by Gasteiger charge is -2.31. The van der Waals surface area contributed by atoms with Gasteiger partial charge < -0.3 is 15.5 Å². The monoisotopic (exact) mass is 552 g/mol. The van der Waals surface area contributed by atoms with E-state index < -0.39 is 0 Å². The fourth-order valence-electron chi connectivity index (χ4n) is 4.86. The number of halogens is 2. The first-order chi connectivity index (χ1) is 18.1. The molecule has 0 aliphatic carbocycles. The van der Waals surface area contributed by atoms with E-state index in [0.29, 0.717) is 24.7 Å². The van der Waals surface area contributed by atoms with Crippen LogP contribution in [0.2, 0.25) is 5.02 Å². The van der Waals surface area contributed by atoms with Crippen molar-refractivity contribution >= 4 is 30.0 Å². The highest BCUT2D eigenvalue weighted by atomic mass is 35.5. The summed E-state index contributed by atoms with van der Waals surface area (Å²) in [6.07, 6.45) is 0.814. The molecule has 0 aromatic heterocycles. The van der Waals surface area contributed by atoms with Gasteiger partial charge in [0.2, 0.25) is 0 Å². The molecule has 1 aliphatic heterocycles. The Labute approximate surface area is 238 Å². The van der Waals surface area contributed by atoms with Gasteiger partial charge in [-0.05, 0) is 34.8 Å². The van der Waals surface area contributed by atoms with Crippen molar-refractivity contribution in [1.82, 2.24) is 20.4 Å². The summed E-state index contributed by atoms with van der Waals surface area (Å²) in [6, 6.07) is 28.6. The molecule has 1 saturated heterocycles. The molecule has 0 saturated carbocycles. The standard InChI is InChI=1S/C31H37ClN4O.ClH/c1-25(23-35-20-17-33-18-21-35)24-36(31(37)34-22-28-14-8-9-15-30(28)32)19-16-29(26-10-4-2-5-11-26)27-12-6-3-7-13-27;/h2-15,29,33H,1,16-24H2,(H,34,37);1H. The maximum atomic E-state index is 13.4. The van der Waals surface area contributed by atoms with Crippen LogP contribution in [0.4, 0.5) is 4.79 Å². The first kappa shape index (κ1) is 29.7. The molecule has 0 spiro atoms. The summed E-state index contributed by atoms with van der Waals surface area (Å²) in [6.45, 7) is 10.7. The van der Waals surface area contributed by atoms with Crippen LogP contribution in [0.15, 0.2) is 97.1 Å². The van der Waals surface area contributed by atoms with Gasteiger partial charge in [-0.25, -0.2) is 4.79 Å². The van der Waals surface area contributed by atoms with Gasteiger partial charge in [-0.15, -0.1) is 12.4 Å². The number of hydrogen-bond donors (Lipinski definition) is 2. The Morgan fingerprint density at radius 2 is 1.53 bits per heavy atom. The zero-order valence-electron chi connectivity index (χ0n) is 21.8. The molecule has 7 heteroatoms. The van der Waals surface area contributed by atoms with Crippen molar-refractivity contribution in [1.29, 1.82) is 0 Å². The van der Waals surface area contributed by atoms with Gasteiger partial charge in [0, 0.05) is 63.3 Å². The van der Waals surface area contributed by atoms with Crippen LogP contribution in [-0.2, 0) is 6.54 Å². The number of nitrogens with one attached hydrogen (secondary N) is 2. The van der Waals surface area contributed by atoms with E-state index in [4.69, 9.17) is 11.6 Å². The lowest BCUT2D eigenvalue weighted by Crippen LogP contribution is -2.46. The molecule has 1 heterocycles. The maximum absolute atomic E-state index is 13.4. The number of urea groups is 1. The smallest absolute Gasteiger partial charge is 0.317 e. The largest absolute Gasteiger partial charge is 0.334 e. The number of hydrogen-bond acceptors (Lipinski definition) is 3. The minimum absolute atomic E-state index is 0. The Bertz CT molecular complexity index is 1100. The van der Waals surface area contributed by atoms with Crippen molar-refractivity contribution < 1.29 is 4.79 Å². The zero-order chi connectivity index (χ0) is 25.9. The molecule has 202 valence electrons. The second kappa shape index (κ2) is 15.6. The average Bonchev–Trinajstić information content (AvgIpc) is 2.93. The van der Waals surface area contributed by atoms with Gasteiger partial charge >= 0.3 is 6.03 Å². The molecular weight excluding hydrogens is 515 g/mol. The molecule has 38 heavy (non-hydrogen) atoms. The summed E-state index contributed by atoms with van der Waals surface area (Å²) in [5.41, 5.74) is 4.46. The molecule has 4 rings (SSSR count). The van der Waals surface area contributed by atoms with Crippen LogP contribution in [0.1, 0.15) is 29.0 Å². The molecule has 3 aromatic carbocycles. The Balaban J connectivity index is 0.00000400. The first-order valence-corrected chi connectivity index (χ1v) is 13.4. The van der Waals surface area contributed by atoms with E-state index in [1.807, 2.05) is 41.3 Å². The summed E-state index contributed by atoms with van der Waals surface area (Å²) in [5, 5.41) is 7.14. The molecular formula is C31H38Cl2N4O. The number of carbonyl (C=O) groups is 1. The minimum Gasteiger partial charge on any atom is -0.334 e. The highest BCUT2D eigenvalue weighted by Gasteiger charge is 2.21. The van der Waals surface area contributed by atoms with E-state index in [1.54, 1.807) is 0 Å². The van der Waals surface area contributed by atoms with Crippen molar-refractivity contribution in [3.05, 3.63) is 119 Å². The Hall–Kier alpha value is -2.83. The molecule has 0 radical (unpaired) electrons. The van der Waals surface area contributed by atoms with E-state index >= 15 is 0 Å². The molecule has 2 amide bonds. The number of carbonyl (C=O) groups excluding carboxylic acids is 1. The third kappa shape index (κ3) is 8.88. The fourth-order valence-corrected chi connectivity index (χ4v) is 5.07. The van der Waals surface area contributed by atoms with E-state index in [0.717, 1.165) is 50.3 Å². The summed E-state index contributed by atoms with van der Waals surface area (Å²) in [7, 11) is 0. The van der Waals surface area contributed by atoms with Gasteiger partial charge in [0.1, 0.15) is 0 Å². The van der Waals surface area contributed by atoms with E-state index in [-0.39, 0.29) is 24.4 Å². The zero-order valence-corrected chi connectivity index (χ0v) is 23.4. The molecule has 5 nitrogen and oxygen atoms in total. The molecule has 0 unspecified atom stereocenters. The number of benzene rings is 3. The Kier molecular flexibility index (Phi) is 12.2. The van der Waals surface area contributed by atoms with E-state index in [1.165, 1.54) is 11.1 Å². The van der Waals surface area contributed by atoms with Gasteiger partial charge in [0.25, 0.3) is 0 Å². The lowest BCUT2D eigenvalue weighted by atomic mass is 9.88. The lowest BCUT2D eigenvalue weighted by molar-refractivity contribution is 0.197.